The molecule has 0 bridgehead atoms. The summed E-state index contributed by atoms with van der Waals surface area (Å²) >= 11 is 1.54. The SMILES string of the molecule is CC(Cn1cccn1)NCc1cc(C(N)=O)cs1. The third kappa shape index (κ3) is 3.41. The molecule has 1 unspecified atom stereocenters. The minimum atomic E-state index is -0.373. The Morgan fingerprint density at radius 2 is 2.50 bits per heavy atom. The van der Waals surface area contributed by atoms with Crippen LogP contribution in [0.1, 0.15) is 22.2 Å². The molecule has 3 N–H and O–H groups in total. The molecular formula is C12H16N4OS. The number of nitrogens with one attached hydrogen (secondary N) is 1. The van der Waals surface area contributed by atoms with Crippen molar-refractivity contribution in [2.24, 2.45) is 5.73 Å². The van der Waals surface area contributed by atoms with E-state index in [2.05, 4.69) is 17.3 Å². The van der Waals surface area contributed by atoms with E-state index in [-0.39, 0.29) is 5.91 Å². The average molecular weight is 264 g/mol. The van der Waals surface area contributed by atoms with Crippen molar-refractivity contribution in [2.75, 3.05) is 0 Å². The van der Waals surface area contributed by atoms with Gasteiger partial charge in [0.15, 0.2) is 0 Å². The van der Waals surface area contributed by atoms with Crippen molar-refractivity contribution >= 4 is 17.2 Å². The third-order valence-corrected chi connectivity index (χ3v) is 3.52. The quantitative estimate of drug-likeness (QED) is 0.824. The summed E-state index contributed by atoms with van der Waals surface area (Å²) in [6.45, 7) is 3.66. The maximum absolute atomic E-state index is 11.0. The van der Waals surface area contributed by atoms with Crippen LogP contribution in [0.4, 0.5) is 0 Å². The molecule has 5 nitrogen and oxygen atoms in total. The zero-order valence-electron chi connectivity index (χ0n) is 10.2. The summed E-state index contributed by atoms with van der Waals surface area (Å²) in [6, 6.07) is 4.05. The Morgan fingerprint density at radius 1 is 1.67 bits per heavy atom. The van der Waals surface area contributed by atoms with Gasteiger partial charge in [0.1, 0.15) is 0 Å². The molecular weight excluding hydrogens is 248 g/mol. The molecule has 0 aliphatic rings. The van der Waals surface area contributed by atoms with Crippen LogP contribution in [-0.2, 0) is 13.1 Å². The fraction of sp³-hybridized carbons (Fsp3) is 0.333. The molecule has 0 spiro atoms. The van der Waals surface area contributed by atoms with Crippen molar-refractivity contribution in [3.05, 3.63) is 40.3 Å². The van der Waals surface area contributed by atoms with Crippen molar-refractivity contribution < 1.29 is 4.79 Å². The van der Waals surface area contributed by atoms with Crippen molar-refractivity contribution in [3.63, 3.8) is 0 Å². The number of primary amides is 1. The second-order valence-electron chi connectivity index (χ2n) is 4.18. The molecule has 6 heteroatoms. The third-order valence-electron chi connectivity index (χ3n) is 2.58. The highest BCUT2D eigenvalue weighted by molar-refractivity contribution is 7.10. The minimum Gasteiger partial charge on any atom is -0.366 e. The van der Waals surface area contributed by atoms with E-state index in [0.717, 1.165) is 18.0 Å². The lowest BCUT2D eigenvalue weighted by atomic mass is 10.3. The normalized spacial score (nSPS) is 12.5. The summed E-state index contributed by atoms with van der Waals surface area (Å²) in [7, 11) is 0. The molecule has 1 amide bonds. The van der Waals surface area contributed by atoms with Crippen LogP contribution in [0, 0.1) is 0 Å². The number of hydrogen-bond acceptors (Lipinski definition) is 4. The molecule has 0 saturated carbocycles. The number of hydrogen-bond donors (Lipinski definition) is 2. The minimum absolute atomic E-state index is 0.309. The van der Waals surface area contributed by atoms with Gasteiger partial charge in [0.05, 0.1) is 12.1 Å². The molecule has 18 heavy (non-hydrogen) atoms. The number of nitrogens with two attached hydrogens (primary N) is 1. The standard InChI is InChI=1S/C12H16N4OS/c1-9(7-16-4-2-3-15-16)14-6-11-5-10(8-18-11)12(13)17/h2-5,8-9,14H,6-7H2,1H3,(H2,13,17). The Balaban J connectivity index is 1.81. The fourth-order valence-electron chi connectivity index (χ4n) is 1.63. The van der Waals surface area contributed by atoms with Gasteiger partial charge in [-0.05, 0) is 19.1 Å². The van der Waals surface area contributed by atoms with Crippen LogP contribution in [-0.4, -0.2) is 21.7 Å². The Hall–Kier alpha value is -1.66. The fourth-order valence-corrected chi connectivity index (χ4v) is 2.46. The van der Waals surface area contributed by atoms with Crippen LogP contribution in [0.15, 0.2) is 29.9 Å². The Labute approximate surface area is 110 Å². The van der Waals surface area contributed by atoms with E-state index in [9.17, 15) is 4.79 Å². The monoisotopic (exact) mass is 264 g/mol. The number of rotatable bonds is 6. The Morgan fingerprint density at radius 3 is 3.11 bits per heavy atom. The van der Waals surface area contributed by atoms with Crippen molar-refractivity contribution in [3.8, 4) is 0 Å². The smallest absolute Gasteiger partial charge is 0.249 e. The number of carbonyl (C=O) groups excluding carboxylic acids is 1. The van der Waals surface area contributed by atoms with Gasteiger partial charge in [-0.25, -0.2) is 0 Å². The lowest BCUT2D eigenvalue weighted by molar-refractivity contribution is 0.100. The number of nitrogens with zero attached hydrogens (tertiary/aromatic N) is 2. The summed E-state index contributed by atoms with van der Waals surface area (Å²) in [4.78, 5) is 12.1. The highest BCUT2D eigenvalue weighted by Gasteiger charge is 2.07. The summed E-state index contributed by atoms with van der Waals surface area (Å²) in [5.41, 5.74) is 5.79. The van der Waals surface area contributed by atoms with Gasteiger partial charge in [-0.15, -0.1) is 11.3 Å². The molecule has 1 atom stereocenters. The van der Waals surface area contributed by atoms with Crippen molar-refractivity contribution in [1.29, 1.82) is 0 Å². The molecule has 2 aromatic rings. The summed E-state index contributed by atoms with van der Waals surface area (Å²) in [5, 5.41) is 9.33. The van der Waals surface area contributed by atoms with Crippen LogP contribution in [0.2, 0.25) is 0 Å². The second kappa shape index (κ2) is 5.79. The summed E-state index contributed by atoms with van der Waals surface area (Å²) in [5.74, 6) is -0.373. The van der Waals surface area contributed by atoms with Gasteiger partial charge in [-0.2, -0.15) is 5.10 Å². The van der Waals surface area contributed by atoms with E-state index >= 15 is 0 Å². The first-order valence-electron chi connectivity index (χ1n) is 5.73. The number of amides is 1. The molecule has 2 aromatic heterocycles. The molecule has 2 heterocycles. The van der Waals surface area contributed by atoms with Crippen LogP contribution < -0.4 is 11.1 Å². The van der Waals surface area contributed by atoms with E-state index in [0.29, 0.717) is 11.6 Å². The van der Waals surface area contributed by atoms with Gasteiger partial charge in [0.25, 0.3) is 0 Å². The van der Waals surface area contributed by atoms with Gasteiger partial charge in [0.2, 0.25) is 5.91 Å². The average Bonchev–Trinajstić information content (AvgIpc) is 2.96. The first-order chi connectivity index (χ1) is 8.65. The van der Waals surface area contributed by atoms with Crippen LogP contribution in [0.25, 0.3) is 0 Å². The molecule has 0 aliphatic heterocycles. The number of thiophene rings is 1. The summed E-state index contributed by atoms with van der Waals surface area (Å²) < 4.78 is 1.89. The molecule has 0 aliphatic carbocycles. The number of carbonyl (C=O) groups is 1. The van der Waals surface area contributed by atoms with E-state index in [1.165, 1.54) is 0 Å². The second-order valence-corrected chi connectivity index (χ2v) is 5.17. The van der Waals surface area contributed by atoms with E-state index in [4.69, 9.17) is 5.73 Å². The molecule has 2 rings (SSSR count). The first-order valence-corrected chi connectivity index (χ1v) is 6.61. The highest BCUT2D eigenvalue weighted by Crippen LogP contribution is 2.14. The highest BCUT2D eigenvalue weighted by atomic mass is 32.1. The maximum Gasteiger partial charge on any atom is 0.249 e. The van der Waals surface area contributed by atoms with Crippen molar-refractivity contribution in [1.82, 2.24) is 15.1 Å². The molecule has 0 saturated heterocycles. The molecule has 0 fully saturated rings. The largest absolute Gasteiger partial charge is 0.366 e. The van der Waals surface area contributed by atoms with Gasteiger partial charge in [0, 0.05) is 35.2 Å². The van der Waals surface area contributed by atoms with E-state index < -0.39 is 0 Å². The lowest BCUT2D eigenvalue weighted by Crippen LogP contribution is -2.29. The van der Waals surface area contributed by atoms with E-state index in [1.54, 1.807) is 22.9 Å². The van der Waals surface area contributed by atoms with Crippen LogP contribution in [0.5, 0.6) is 0 Å². The zero-order chi connectivity index (χ0) is 13.0. The van der Waals surface area contributed by atoms with E-state index in [1.807, 2.05) is 23.0 Å². The Kier molecular flexibility index (Phi) is 4.11. The molecule has 0 aromatic carbocycles. The maximum atomic E-state index is 11.0. The van der Waals surface area contributed by atoms with Crippen molar-refractivity contribution in [2.45, 2.75) is 26.1 Å². The van der Waals surface area contributed by atoms with Crippen LogP contribution in [0.3, 0.4) is 0 Å². The van der Waals surface area contributed by atoms with Gasteiger partial charge in [-0.1, -0.05) is 0 Å². The van der Waals surface area contributed by atoms with Gasteiger partial charge >= 0.3 is 0 Å². The number of aromatic nitrogens is 2. The van der Waals surface area contributed by atoms with Gasteiger partial charge < -0.3 is 11.1 Å². The zero-order valence-corrected chi connectivity index (χ0v) is 11.0. The van der Waals surface area contributed by atoms with Gasteiger partial charge in [-0.3, -0.25) is 9.48 Å². The Bertz CT molecular complexity index is 506. The van der Waals surface area contributed by atoms with Crippen LogP contribution >= 0.6 is 11.3 Å². The lowest BCUT2D eigenvalue weighted by Gasteiger charge is -2.12. The summed E-state index contributed by atoms with van der Waals surface area (Å²) in [6.07, 6.45) is 3.71. The molecule has 96 valence electrons. The predicted molar refractivity (Wildman–Crippen MR) is 71.4 cm³/mol. The first kappa shape index (κ1) is 12.8. The molecule has 0 radical (unpaired) electrons. The topological polar surface area (TPSA) is 72.9 Å². The predicted octanol–water partition coefficient (Wildman–Crippen LogP) is 1.22.